The average molecular weight is 293 g/mol. The van der Waals surface area contributed by atoms with Crippen molar-refractivity contribution >= 4 is 11.9 Å². The Morgan fingerprint density at radius 3 is 2.90 bits per heavy atom. The molecule has 0 bridgehead atoms. The molecule has 1 aromatic rings. The summed E-state index contributed by atoms with van der Waals surface area (Å²) in [5.74, 6) is 0.377. The van der Waals surface area contributed by atoms with Crippen LogP contribution in [0.5, 0.6) is 0 Å². The lowest BCUT2D eigenvalue weighted by atomic mass is 9.79. The van der Waals surface area contributed by atoms with Gasteiger partial charge in [0.15, 0.2) is 0 Å². The molecule has 3 rings (SSSR count). The number of hydrogen-bond donors (Lipinski definition) is 2. The highest BCUT2D eigenvalue weighted by atomic mass is 16.4. The van der Waals surface area contributed by atoms with E-state index in [1.807, 2.05) is 0 Å². The summed E-state index contributed by atoms with van der Waals surface area (Å²) in [6.07, 6.45) is 6.16. The van der Waals surface area contributed by atoms with Gasteiger partial charge in [-0.3, -0.25) is 15.0 Å². The van der Waals surface area contributed by atoms with E-state index in [9.17, 15) is 4.79 Å². The number of carbonyl (C=O) groups excluding carboxylic acids is 1. The Morgan fingerprint density at radius 2 is 2.19 bits per heavy atom. The summed E-state index contributed by atoms with van der Waals surface area (Å²) in [7, 11) is 0. The van der Waals surface area contributed by atoms with E-state index in [0.717, 1.165) is 19.6 Å². The predicted molar refractivity (Wildman–Crippen MR) is 77.9 cm³/mol. The maximum Gasteiger partial charge on any atom is 0.322 e. The van der Waals surface area contributed by atoms with Crippen LogP contribution in [0.2, 0.25) is 0 Å². The van der Waals surface area contributed by atoms with Crippen molar-refractivity contribution in [1.82, 2.24) is 20.4 Å². The number of nitrogens with zero attached hydrogens (tertiary/aromatic N) is 3. The lowest BCUT2D eigenvalue weighted by Gasteiger charge is -2.49. The Kier molecular flexibility index (Phi) is 4.21. The molecule has 2 N–H and O–H groups in total. The van der Waals surface area contributed by atoms with E-state index in [1.54, 1.807) is 6.92 Å². The lowest BCUT2D eigenvalue weighted by molar-refractivity contribution is -0.120. The molecule has 0 aromatic carbocycles. The molecular weight excluding hydrogens is 270 g/mol. The number of aromatic nitrogens is 2. The van der Waals surface area contributed by atoms with Crippen LogP contribution in [0.4, 0.5) is 6.01 Å². The second-order valence-corrected chi connectivity index (χ2v) is 6.06. The number of aryl methyl sites for hydroxylation is 1. The monoisotopic (exact) mass is 293 g/mol. The second kappa shape index (κ2) is 6.11. The average Bonchev–Trinajstić information content (AvgIpc) is 2.88. The van der Waals surface area contributed by atoms with Crippen LogP contribution in [0.25, 0.3) is 0 Å². The number of amides is 1. The SMILES string of the molecule is Cc1nnc(NC(=O)CN2CCNCC23CCCCC3)o1. The zero-order chi connectivity index (χ0) is 14.7. The largest absolute Gasteiger partial charge is 0.408 e. The highest BCUT2D eigenvalue weighted by Crippen LogP contribution is 2.34. The molecule has 1 saturated carbocycles. The molecule has 0 radical (unpaired) electrons. The minimum atomic E-state index is -0.0782. The molecule has 1 saturated heterocycles. The van der Waals surface area contributed by atoms with E-state index in [4.69, 9.17) is 4.42 Å². The molecule has 7 heteroatoms. The van der Waals surface area contributed by atoms with Gasteiger partial charge in [-0.15, -0.1) is 5.10 Å². The van der Waals surface area contributed by atoms with E-state index < -0.39 is 0 Å². The third-order valence-corrected chi connectivity index (χ3v) is 4.57. The number of piperazine rings is 1. The Hall–Kier alpha value is -1.47. The number of anilines is 1. The second-order valence-electron chi connectivity index (χ2n) is 6.06. The van der Waals surface area contributed by atoms with Gasteiger partial charge in [-0.25, -0.2) is 0 Å². The number of nitrogens with one attached hydrogen (secondary N) is 2. The fourth-order valence-electron chi connectivity index (χ4n) is 3.51. The first-order valence-electron chi connectivity index (χ1n) is 7.74. The smallest absolute Gasteiger partial charge is 0.322 e. The molecule has 7 nitrogen and oxygen atoms in total. The summed E-state index contributed by atoms with van der Waals surface area (Å²) < 4.78 is 5.20. The van der Waals surface area contributed by atoms with Gasteiger partial charge in [0.2, 0.25) is 11.8 Å². The molecule has 1 aliphatic carbocycles. The van der Waals surface area contributed by atoms with Crippen molar-refractivity contribution in [3.05, 3.63) is 5.89 Å². The van der Waals surface area contributed by atoms with Crippen molar-refractivity contribution in [2.75, 3.05) is 31.5 Å². The zero-order valence-electron chi connectivity index (χ0n) is 12.5. The van der Waals surface area contributed by atoms with Crippen LogP contribution in [-0.2, 0) is 4.79 Å². The third kappa shape index (κ3) is 3.24. The molecule has 116 valence electrons. The van der Waals surface area contributed by atoms with Crippen molar-refractivity contribution in [3.8, 4) is 0 Å². The summed E-state index contributed by atoms with van der Waals surface area (Å²) in [6, 6.07) is 0.185. The van der Waals surface area contributed by atoms with E-state index in [2.05, 4.69) is 25.7 Å². The summed E-state index contributed by atoms with van der Waals surface area (Å²) in [4.78, 5) is 14.5. The van der Waals surface area contributed by atoms with Crippen molar-refractivity contribution in [1.29, 1.82) is 0 Å². The lowest BCUT2D eigenvalue weighted by Crippen LogP contribution is -2.63. The molecule has 0 atom stereocenters. The van der Waals surface area contributed by atoms with Gasteiger partial charge in [0.05, 0.1) is 6.54 Å². The van der Waals surface area contributed by atoms with Crippen LogP contribution in [-0.4, -0.2) is 52.7 Å². The van der Waals surface area contributed by atoms with E-state index >= 15 is 0 Å². The number of rotatable bonds is 3. The molecule has 1 aliphatic heterocycles. The van der Waals surface area contributed by atoms with Crippen molar-refractivity contribution < 1.29 is 9.21 Å². The normalized spacial score (nSPS) is 22.3. The molecule has 2 heterocycles. The first-order chi connectivity index (χ1) is 10.2. The minimum Gasteiger partial charge on any atom is -0.408 e. The van der Waals surface area contributed by atoms with Gasteiger partial charge in [0.25, 0.3) is 0 Å². The van der Waals surface area contributed by atoms with E-state index in [1.165, 1.54) is 32.1 Å². The van der Waals surface area contributed by atoms with Gasteiger partial charge in [0, 0.05) is 32.1 Å². The van der Waals surface area contributed by atoms with Gasteiger partial charge in [-0.1, -0.05) is 24.4 Å². The number of carbonyl (C=O) groups is 1. The third-order valence-electron chi connectivity index (χ3n) is 4.57. The van der Waals surface area contributed by atoms with E-state index in [-0.39, 0.29) is 17.5 Å². The van der Waals surface area contributed by atoms with Crippen LogP contribution in [0.1, 0.15) is 38.0 Å². The summed E-state index contributed by atoms with van der Waals surface area (Å²) in [5, 5.41) is 13.7. The fourth-order valence-corrected chi connectivity index (χ4v) is 3.51. The maximum atomic E-state index is 12.2. The number of hydrogen-bond acceptors (Lipinski definition) is 6. The van der Waals surface area contributed by atoms with Crippen LogP contribution in [0, 0.1) is 6.92 Å². The predicted octanol–water partition coefficient (Wildman–Crippen LogP) is 0.925. The first-order valence-corrected chi connectivity index (χ1v) is 7.74. The van der Waals surface area contributed by atoms with Crippen LogP contribution < -0.4 is 10.6 Å². The molecule has 0 unspecified atom stereocenters. The van der Waals surface area contributed by atoms with E-state index in [0.29, 0.717) is 12.4 Å². The Balaban J connectivity index is 1.62. The Morgan fingerprint density at radius 1 is 1.38 bits per heavy atom. The topological polar surface area (TPSA) is 83.3 Å². The van der Waals surface area contributed by atoms with Crippen molar-refractivity contribution in [2.45, 2.75) is 44.6 Å². The van der Waals surface area contributed by atoms with Crippen molar-refractivity contribution in [2.24, 2.45) is 0 Å². The molecule has 21 heavy (non-hydrogen) atoms. The molecule has 1 spiro atoms. The summed E-state index contributed by atoms with van der Waals surface area (Å²) in [6.45, 7) is 4.93. The minimum absolute atomic E-state index is 0.0782. The van der Waals surface area contributed by atoms with Gasteiger partial charge < -0.3 is 9.73 Å². The molecular formula is C14H23N5O2. The highest BCUT2D eigenvalue weighted by Gasteiger charge is 2.40. The first kappa shape index (κ1) is 14.5. The summed E-state index contributed by atoms with van der Waals surface area (Å²) in [5.41, 5.74) is 0.151. The zero-order valence-corrected chi connectivity index (χ0v) is 12.5. The fraction of sp³-hybridized carbons (Fsp3) is 0.786. The molecule has 2 aliphatic rings. The van der Waals surface area contributed by atoms with Crippen LogP contribution in [0.3, 0.4) is 0 Å². The van der Waals surface area contributed by atoms with Gasteiger partial charge in [-0.2, -0.15) is 0 Å². The van der Waals surface area contributed by atoms with Gasteiger partial charge >= 0.3 is 6.01 Å². The molecule has 2 fully saturated rings. The summed E-state index contributed by atoms with van der Waals surface area (Å²) >= 11 is 0. The Bertz CT molecular complexity index is 487. The molecule has 1 amide bonds. The quantitative estimate of drug-likeness (QED) is 0.862. The van der Waals surface area contributed by atoms with Crippen LogP contribution in [0.15, 0.2) is 4.42 Å². The standard InChI is InChI=1S/C14H23N5O2/c1-11-17-18-13(21-11)16-12(20)9-19-8-7-15-10-14(19)5-3-2-4-6-14/h15H,2-10H2,1H3,(H,16,18,20). The molecule has 1 aromatic heterocycles. The van der Waals surface area contributed by atoms with Gasteiger partial charge in [0.1, 0.15) is 0 Å². The van der Waals surface area contributed by atoms with Gasteiger partial charge in [-0.05, 0) is 12.8 Å². The highest BCUT2D eigenvalue weighted by molar-refractivity contribution is 5.90. The maximum absolute atomic E-state index is 12.2. The van der Waals surface area contributed by atoms with Crippen LogP contribution >= 0.6 is 0 Å². The Labute approximate surface area is 124 Å². The van der Waals surface area contributed by atoms with Crippen molar-refractivity contribution in [3.63, 3.8) is 0 Å².